The molecule has 1 aliphatic carbocycles. The fraction of sp³-hybridized carbons (Fsp3) is 0.318. The lowest BCUT2D eigenvalue weighted by atomic mass is 10.1. The second-order valence-corrected chi connectivity index (χ2v) is 6.77. The van der Waals surface area contributed by atoms with Gasteiger partial charge in [-0.2, -0.15) is 0 Å². The monoisotopic (exact) mass is 349 g/mol. The maximum Gasteiger partial charge on any atom is 0.340 e. The number of aromatic nitrogens is 1. The number of esters is 1. The first-order chi connectivity index (χ1) is 12.7. The lowest BCUT2D eigenvalue weighted by Crippen LogP contribution is -2.07. The van der Waals surface area contributed by atoms with Gasteiger partial charge in [-0.3, -0.25) is 0 Å². The SMILES string of the molecule is CCOC(=O)c1c(C2CC2)cn2c(C)c(OCc3ccccc3)ccc12. The Morgan fingerprint density at radius 1 is 1.15 bits per heavy atom. The summed E-state index contributed by atoms with van der Waals surface area (Å²) >= 11 is 0. The molecule has 0 spiro atoms. The predicted molar refractivity (Wildman–Crippen MR) is 101 cm³/mol. The molecule has 134 valence electrons. The molecule has 0 radical (unpaired) electrons. The summed E-state index contributed by atoms with van der Waals surface area (Å²) < 4.78 is 13.4. The first-order valence-corrected chi connectivity index (χ1v) is 9.17. The van der Waals surface area contributed by atoms with Crippen molar-refractivity contribution in [3.05, 3.63) is 71.0 Å². The van der Waals surface area contributed by atoms with Gasteiger partial charge in [-0.1, -0.05) is 30.3 Å². The van der Waals surface area contributed by atoms with E-state index in [2.05, 4.69) is 10.6 Å². The highest BCUT2D eigenvalue weighted by Gasteiger charge is 2.32. The van der Waals surface area contributed by atoms with Crippen molar-refractivity contribution in [1.82, 2.24) is 4.40 Å². The Morgan fingerprint density at radius 2 is 1.92 bits per heavy atom. The molecule has 0 unspecified atom stereocenters. The molecule has 4 nitrogen and oxygen atoms in total. The molecule has 0 bridgehead atoms. The van der Waals surface area contributed by atoms with Crippen LogP contribution in [0.25, 0.3) is 5.52 Å². The molecule has 2 heterocycles. The number of pyridine rings is 1. The molecule has 26 heavy (non-hydrogen) atoms. The van der Waals surface area contributed by atoms with E-state index in [4.69, 9.17) is 9.47 Å². The molecule has 4 rings (SSSR count). The summed E-state index contributed by atoms with van der Waals surface area (Å²) in [7, 11) is 0. The van der Waals surface area contributed by atoms with E-state index in [-0.39, 0.29) is 5.97 Å². The van der Waals surface area contributed by atoms with Crippen LogP contribution in [-0.2, 0) is 11.3 Å². The van der Waals surface area contributed by atoms with Crippen LogP contribution in [0.15, 0.2) is 48.7 Å². The van der Waals surface area contributed by atoms with E-state index in [9.17, 15) is 4.79 Å². The van der Waals surface area contributed by atoms with Gasteiger partial charge in [0.1, 0.15) is 12.4 Å². The number of aryl methyl sites for hydroxylation is 1. The molecule has 1 fully saturated rings. The first kappa shape index (κ1) is 16.7. The largest absolute Gasteiger partial charge is 0.487 e. The summed E-state index contributed by atoms with van der Waals surface area (Å²) in [6, 6.07) is 14.0. The van der Waals surface area contributed by atoms with Crippen molar-refractivity contribution in [1.29, 1.82) is 0 Å². The molecular formula is C22H23NO3. The number of nitrogens with zero attached hydrogens (tertiary/aromatic N) is 1. The van der Waals surface area contributed by atoms with Gasteiger partial charge in [0, 0.05) is 6.20 Å². The van der Waals surface area contributed by atoms with Gasteiger partial charge < -0.3 is 13.9 Å². The lowest BCUT2D eigenvalue weighted by Gasteiger charge is -2.11. The zero-order chi connectivity index (χ0) is 18.1. The van der Waals surface area contributed by atoms with E-state index in [1.54, 1.807) is 0 Å². The Bertz CT molecular complexity index is 939. The maximum absolute atomic E-state index is 12.5. The molecule has 0 saturated heterocycles. The normalized spacial score (nSPS) is 13.8. The Labute approximate surface area is 153 Å². The quantitative estimate of drug-likeness (QED) is 0.595. The molecule has 4 heteroatoms. The highest BCUT2D eigenvalue weighted by molar-refractivity contribution is 5.99. The standard InChI is InChI=1S/C22H23NO3/c1-3-25-22(24)21-18(17-9-10-17)13-23-15(2)20(12-11-19(21)23)26-14-16-7-5-4-6-8-16/h4-8,11-13,17H,3,9-10,14H2,1-2H3. The average molecular weight is 349 g/mol. The number of fused-ring (bicyclic) bond motifs is 1. The molecule has 3 aromatic rings. The number of carbonyl (C=O) groups excluding carboxylic acids is 1. The zero-order valence-electron chi connectivity index (χ0n) is 15.2. The number of carbonyl (C=O) groups is 1. The lowest BCUT2D eigenvalue weighted by molar-refractivity contribution is 0.0527. The maximum atomic E-state index is 12.5. The summed E-state index contributed by atoms with van der Waals surface area (Å²) in [5.74, 6) is 1.07. The highest BCUT2D eigenvalue weighted by Crippen LogP contribution is 2.44. The third-order valence-corrected chi connectivity index (χ3v) is 4.92. The Morgan fingerprint density at radius 3 is 2.62 bits per heavy atom. The molecule has 0 N–H and O–H groups in total. The smallest absolute Gasteiger partial charge is 0.340 e. The Hall–Kier alpha value is -2.75. The van der Waals surface area contributed by atoms with Gasteiger partial charge in [0.2, 0.25) is 0 Å². The molecular weight excluding hydrogens is 326 g/mol. The van der Waals surface area contributed by atoms with Crippen LogP contribution in [0.4, 0.5) is 0 Å². The predicted octanol–water partition coefficient (Wildman–Crippen LogP) is 4.88. The van der Waals surface area contributed by atoms with Crippen LogP contribution in [0, 0.1) is 6.92 Å². The van der Waals surface area contributed by atoms with Crippen LogP contribution < -0.4 is 4.74 Å². The van der Waals surface area contributed by atoms with Crippen molar-refractivity contribution >= 4 is 11.5 Å². The average Bonchev–Trinajstić information content (AvgIpc) is 3.42. The minimum Gasteiger partial charge on any atom is -0.487 e. The van der Waals surface area contributed by atoms with E-state index >= 15 is 0 Å². The van der Waals surface area contributed by atoms with Crippen molar-refractivity contribution < 1.29 is 14.3 Å². The molecule has 0 aliphatic heterocycles. The molecule has 0 atom stereocenters. The van der Waals surface area contributed by atoms with Crippen LogP contribution >= 0.6 is 0 Å². The summed E-state index contributed by atoms with van der Waals surface area (Å²) in [6.45, 7) is 4.78. The summed E-state index contributed by atoms with van der Waals surface area (Å²) in [5, 5.41) is 0. The molecule has 0 amide bonds. The summed E-state index contributed by atoms with van der Waals surface area (Å²) in [5.41, 5.74) is 4.84. The van der Waals surface area contributed by atoms with Crippen LogP contribution in [0.5, 0.6) is 5.75 Å². The van der Waals surface area contributed by atoms with E-state index < -0.39 is 0 Å². The van der Waals surface area contributed by atoms with E-state index in [0.29, 0.717) is 24.7 Å². The summed E-state index contributed by atoms with van der Waals surface area (Å²) in [6.07, 6.45) is 4.36. The molecule has 2 aromatic heterocycles. The van der Waals surface area contributed by atoms with Crippen molar-refractivity contribution in [3.63, 3.8) is 0 Å². The molecule has 1 saturated carbocycles. The third kappa shape index (κ3) is 3.07. The van der Waals surface area contributed by atoms with Gasteiger partial charge in [0.25, 0.3) is 0 Å². The number of rotatable bonds is 6. The Kier molecular flexibility index (Phi) is 4.41. The van der Waals surface area contributed by atoms with Gasteiger partial charge in [-0.15, -0.1) is 0 Å². The number of hydrogen-bond acceptors (Lipinski definition) is 3. The summed E-state index contributed by atoms with van der Waals surface area (Å²) in [4.78, 5) is 12.5. The highest BCUT2D eigenvalue weighted by atomic mass is 16.5. The number of hydrogen-bond donors (Lipinski definition) is 0. The van der Waals surface area contributed by atoms with Crippen molar-refractivity contribution in [3.8, 4) is 5.75 Å². The second-order valence-electron chi connectivity index (χ2n) is 6.77. The van der Waals surface area contributed by atoms with Gasteiger partial charge in [0.15, 0.2) is 0 Å². The van der Waals surface area contributed by atoms with E-state index in [0.717, 1.165) is 40.9 Å². The molecule has 1 aliphatic rings. The van der Waals surface area contributed by atoms with Gasteiger partial charge in [-0.05, 0) is 55.9 Å². The second kappa shape index (κ2) is 6.87. The third-order valence-electron chi connectivity index (χ3n) is 4.92. The fourth-order valence-corrected chi connectivity index (χ4v) is 3.39. The van der Waals surface area contributed by atoms with Gasteiger partial charge >= 0.3 is 5.97 Å². The fourth-order valence-electron chi connectivity index (χ4n) is 3.39. The van der Waals surface area contributed by atoms with Crippen LogP contribution in [0.1, 0.15) is 52.9 Å². The van der Waals surface area contributed by atoms with Crippen LogP contribution in [0.2, 0.25) is 0 Å². The van der Waals surface area contributed by atoms with E-state index in [1.807, 2.05) is 56.3 Å². The number of ether oxygens (including phenoxy) is 2. The van der Waals surface area contributed by atoms with E-state index in [1.165, 1.54) is 0 Å². The van der Waals surface area contributed by atoms with Crippen molar-refractivity contribution in [2.45, 2.75) is 39.2 Å². The molecule has 1 aromatic carbocycles. The van der Waals surface area contributed by atoms with Crippen LogP contribution in [-0.4, -0.2) is 17.0 Å². The topological polar surface area (TPSA) is 39.9 Å². The minimum absolute atomic E-state index is 0.228. The van der Waals surface area contributed by atoms with Gasteiger partial charge in [0.05, 0.1) is 23.4 Å². The first-order valence-electron chi connectivity index (χ1n) is 9.17. The zero-order valence-corrected chi connectivity index (χ0v) is 15.2. The van der Waals surface area contributed by atoms with Gasteiger partial charge in [-0.25, -0.2) is 4.79 Å². The van der Waals surface area contributed by atoms with Crippen LogP contribution in [0.3, 0.4) is 0 Å². The Balaban J connectivity index is 1.70. The van der Waals surface area contributed by atoms with Crippen molar-refractivity contribution in [2.24, 2.45) is 0 Å². The minimum atomic E-state index is -0.228. The van der Waals surface area contributed by atoms with Crippen molar-refractivity contribution in [2.75, 3.05) is 6.61 Å². The number of benzene rings is 1.